The van der Waals surface area contributed by atoms with Crippen molar-refractivity contribution < 1.29 is 9.47 Å². The predicted octanol–water partition coefficient (Wildman–Crippen LogP) is 5.43. The molecule has 216 valence electrons. The number of hydrogen-bond acceptors (Lipinski definition) is 7. The average Bonchev–Trinajstić information content (AvgIpc) is 3.02. The van der Waals surface area contributed by atoms with E-state index in [0.717, 1.165) is 72.9 Å². The lowest BCUT2D eigenvalue weighted by Crippen LogP contribution is -2.41. The zero-order valence-electron chi connectivity index (χ0n) is 24.0. The van der Waals surface area contributed by atoms with Crippen LogP contribution in [0.1, 0.15) is 46.9 Å². The molecule has 0 radical (unpaired) electrons. The van der Waals surface area contributed by atoms with Crippen LogP contribution in [0, 0.1) is 6.92 Å². The van der Waals surface area contributed by atoms with Gasteiger partial charge in [0.2, 0.25) is 0 Å². The van der Waals surface area contributed by atoms with Crippen molar-refractivity contribution in [2.45, 2.75) is 44.9 Å². The van der Waals surface area contributed by atoms with Crippen LogP contribution in [0.5, 0.6) is 11.5 Å². The van der Waals surface area contributed by atoms with Gasteiger partial charge in [-0.1, -0.05) is 24.3 Å². The number of rotatable bonds is 6. The number of H-pyrrole nitrogens is 1. The molecule has 2 aromatic heterocycles. The summed E-state index contributed by atoms with van der Waals surface area (Å²) in [4.78, 5) is 24.4. The summed E-state index contributed by atoms with van der Waals surface area (Å²) in [5, 5.41) is 3.78. The summed E-state index contributed by atoms with van der Waals surface area (Å²) in [5.74, 6) is 1.78. The van der Waals surface area contributed by atoms with Crippen LogP contribution >= 0.6 is 0 Å². The Bertz CT molecular complexity index is 1610. The van der Waals surface area contributed by atoms with Gasteiger partial charge in [-0.25, -0.2) is 0 Å². The van der Waals surface area contributed by atoms with Gasteiger partial charge in [0.15, 0.2) is 0 Å². The van der Waals surface area contributed by atoms with Crippen molar-refractivity contribution in [3.05, 3.63) is 111 Å². The van der Waals surface area contributed by atoms with E-state index in [9.17, 15) is 4.79 Å². The van der Waals surface area contributed by atoms with Crippen molar-refractivity contribution in [1.29, 1.82) is 0 Å². The van der Waals surface area contributed by atoms with E-state index in [0.29, 0.717) is 31.4 Å². The number of likely N-dealkylation sites (tertiary alicyclic amines) is 1. The summed E-state index contributed by atoms with van der Waals surface area (Å²) in [7, 11) is 0. The van der Waals surface area contributed by atoms with Crippen LogP contribution in [0.15, 0.2) is 77.9 Å². The molecule has 0 aliphatic carbocycles. The molecule has 4 aromatic rings. The summed E-state index contributed by atoms with van der Waals surface area (Å²) in [6.07, 6.45) is 6.47. The van der Waals surface area contributed by atoms with Crippen molar-refractivity contribution in [2.24, 2.45) is 0 Å². The van der Waals surface area contributed by atoms with Crippen LogP contribution in [0.25, 0.3) is 0 Å². The normalized spacial score (nSPS) is 19.1. The molecule has 5 heterocycles. The highest BCUT2D eigenvalue weighted by Gasteiger charge is 2.29. The molecule has 3 aliphatic heterocycles. The lowest BCUT2D eigenvalue weighted by atomic mass is 9.95. The minimum absolute atomic E-state index is 0.0760. The molecule has 2 fully saturated rings. The summed E-state index contributed by atoms with van der Waals surface area (Å²) < 4.78 is 12.8. The third-order valence-electron chi connectivity index (χ3n) is 8.65. The Morgan fingerprint density at radius 2 is 1.93 bits per heavy atom. The molecular weight excluding hydrogens is 526 g/mol. The Morgan fingerprint density at radius 3 is 2.76 bits per heavy atom. The quantitative estimate of drug-likeness (QED) is 0.285. The van der Waals surface area contributed by atoms with Crippen LogP contribution in [0.3, 0.4) is 0 Å². The summed E-state index contributed by atoms with van der Waals surface area (Å²) in [6, 6.07) is 21.2. The summed E-state index contributed by atoms with van der Waals surface area (Å²) >= 11 is 0. The minimum Gasteiger partial charge on any atom is -0.456 e. The molecule has 2 saturated heterocycles. The molecule has 2 N–H and O–H groups in total. The number of pyridine rings is 2. The monoisotopic (exact) mass is 563 g/mol. The van der Waals surface area contributed by atoms with E-state index in [-0.39, 0.29) is 11.7 Å². The SMILES string of the molecule is Cc1ccc(CN2CCC(Nc3ccc4c(c3)Cc3cccc(C5CN(c6ccc[nH]c6=O)CCO5)c3O4)CC2)nc1. The molecule has 3 aliphatic rings. The first-order valence-electron chi connectivity index (χ1n) is 15.0. The molecule has 2 aromatic carbocycles. The second-order valence-corrected chi connectivity index (χ2v) is 11.6. The van der Waals surface area contributed by atoms with Crippen LogP contribution < -0.4 is 20.5 Å². The number of benzene rings is 2. The van der Waals surface area contributed by atoms with E-state index >= 15 is 0 Å². The van der Waals surface area contributed by atoms with Gasteiger partial charge in [0.1, 0.15) is 23.3 Å². The number of anilines is 2. The van der Waals surface area contributed by atoms with Gasteiger partial charge in [0, 0.05) is 74.4 Å². The Hall–Kier alpha value is -4.14. The molecule has 7 rings (SSSR count). The fourth-order valence-corrected chi connectivity index (χ4v) is 6.35. The Morgan fingerprint density at radius 1 is 1.02 bits per heavy atom. The fourth-order valence-electron chi connectivity index (χ4n) is 6.35. The van der Waals surface area contributed by atoms with E-state index in [2.05, 4.69) is 80.5 Å². The molecule has 1 unspecified atom stereocenters. The molecular formula is C34H37N5O3. The largest absolute Gasteiger partial charge is 0.456 e. The maximum Gasteiger partial charge on any atom is 0.271 e. The van der Waals surface area contributed by atoms with Crippen molar-refractivity contribution in [2.75, 3.05) is 43.0 Å². The van der Waals surface area contributed by atoms with E-state index in [4.69, 9.17) is 9.47 Å². The number of nitrogens with one attached hydrogen (secondary N) is 2. The molecule has 8 heteroatoms. The number of fused-ring (bicyclic) bond motifs is 2. The van der Waals surface area contributed by atoms with Crippen LogP contribution in [0.4, 0.5) is 11.4 Å². The lowest BCUT2D eigenvalue weighted by Gasteiger charge is -2.35. The van der Waals surface area contributed by atoms with Gasteiger partial charge in [-0.2, -0.15) is 0 Å². The number of piperidine rings is 1. The number of nitrogens with zero attached hydrogens (tertiary/aromatic N) is 3. The van der Waals surface area contributed by atoms with Gasteiger partial charge in [-0.15, -0.1) is 0 Å². The van der Waals surface area contributed by atoms with Gasteiger partial charge in [0.25, 0.3) is 5.56 Å². The molecule has 0 spiro atoms. The highest BCUT2D eigenvalue weighted by Crippen LogP contribution is 2.43. The number of morpholine rings is 1. The number of para-hydroxylation sites is 1. The van der Waals surface area contributed by atoms with Gasteiger partial charge in [-0.3, -0.25) is 14.7 Å². The average molecular weight is 564 g/mol. The number of aromatic nitrogens is 2. The molecule has 0 amide bonds. The topological polar surface area (TPSA) is 82.7 Å². The van der Waals surface area contributed by atoms with Crippen LogP contribution in [0.2, 0.25) is 0 Å². The van der Waals surface area contributed by atoms with Crippen molar-refractivity contribution in [3.8, 4) is 11.5 Å². The molecule has 1 atom stereocenters. The third-order valence-corrected chi connectivity index (χ3v) is 8.65. The highest BCUT2D eigenvalue weighted by atomic mass is 16.5. The van der Waals surface area contributed by atoms with E-state index in [1.165, 1.54) is 11.1 Å². The Balaban J connectivity index is 1.00. The number of aromatic amines is 1. The minimum atomic E-state index is -0.177. The first kappa shape index (κ1) is 26.7. The Kier molecular flexibility index (Phi) is 7.40. The molecule has 42 heavy (non-hydrogen) atoms. The van der Waals surface area contributed by atoms with Gasteiger partial charge < -0.3 is 24.7 Å². The first-order valence-corrected chi connectivity index (χ1v) is 15.0. The van der Waals surface area contributed by atoms with Crippen molar-refractivity contribution >= 4 is 11.4 Å². The molecule has 0 bridgehead atoms. The zero-order chi connectivity index (χ0) is 28.5. The standard InChI is InChI=1S/C34H37N5O3/c1-23-7-8-28(36-20-23)21-38-14-11-26(12-15-38)37-27-9-10-31-25(19-27)18-24-4-2-5-29(33(24)42-31)32-22-39(16-17-41-32)30-6-3-13-35-34(30)40/h2-10,13,19-20,26,32,37H,11-12,14-18,21-22H2,1H3,(H,35,40). The predicted molar refractivity (Wildman–Crippen MR) is 165 cm³/mol. The summed E-state index contributed by atoms with van der Waals surface area (Å²) in [6.45, 7) is 6.96. The Labute approximate surface area is 246 Å². The maximum atomic E-state index is 12.4. The van der Waals surface area contributed by atoms with E-state index in [1.54, 1.807) is 6.20 Å². The zero-order valence-corrected chi connectivity index (χ0v) is 24.0. The highest BCUT2D eigenvalue weighted by molar-refractivity contribution is 5.59. The van der Waals surface area contributed by atoms with Crippen molar-refractivity contribution in [3.63, 3.8) is 0 Å². The third kappa shape index (κ3) is 5.65. The lowest BCUT2D eigenvalue weighted by molar-refractivity contribution is 0.0383. The maximum absolute atomic E-state index is 12.4. The van der Waals surface area contributed by atoms with Crippen LogP contribution in [-0.4, -0.2) is 53.7 Å². The summed E-state index contributed by atoms with van der Waals surface area (Å²) in [5.41, 5.74) is 7.48. The van der Waals surface area contributed by atoms with E-state index in [1.807, 2.05) is 18.3 Å². The van der Waals surface area contributed by atoms with Crippen molar-refractivity contribution in [1.82, 2.24) is 14.9 Å². The smallest absolute Gasteiger partial charge is 0.271 e. The van der Waals surface area contributed by atoms with Crippen LogP contribution in [-0.2, 0) is 17.7 Å². The fraction of sp³-hybridized carbons (Fsp3) is 0.353. The van der Waals surface area contributed by atoms with E-state index < -0.39 is 0 Å². The van der Waals surface area contributed by atoms with Gasteiger partial charge in [-0.05, 0) is 67.3 Å². The van der Waals surface area contributed by atoms with Gasteiger partial charge >= 0.3 is 0 Å². The molecule has 0 saturated carbocycles. The first-order chi connectivity index (χ1) is 20.6. The van der Waals surface area contributed by atoms with Gasteiger partial charge in [0.05, 0.1) is 12.3 Å². The second-order valence-electron chi connectivity index (χ2n) is 11.6. The number of ether oxygens (including phenoxy) is 2. The number of hydrogen-bond donors (Lipinski definition) is 2. The second kappa shape index (κ2) is 11.6. The molecule has 8 nitrogen and oxygen atoms in total. The number of aryl methyl sites for hydroxylation is 1.